The maximum atomic E-state index is 11.8. The van der Waals surface area contributed by atoms with Crippen LogP contribution in [0.1, 0.15) is 51.1 Å². The molecule has 0 unspecified atom stereocenters. The van der Waals surface area contributed by atoms with Crippen LogP contribution in [0.15, 0.2) is 28.7 Å². The third-order valence-corrected chi connectivity index (χ3v) is 2.55. The fourth-order valence-electron chi connectivity index (χ4n) is 1.78. The molecule has 0 aliphatic heterocycles. The number of rotatable bonds is 4. The number of nitrogens with zero attached hydrogens (tertiary/aromatic N) is 2. The third-order valence-electron chi connectivity index (χ3n) is 2.55. The van der Waals surface area contributed by atoms with E-state index in [1.165, 1.54) is 12.1 Å². The zero-order chi connectivity index (χ0) is 18.7. The molecule has 0 aliphatic carbocycles. The molecule has 0 saturated carbocycles. The van der Waals surface area contributed by atoms with Gasteiger partial charge in [-0.05, 0) is 13.0 Å². The minimum absolute atomic E-state index is 0.119. The zero-order valence-corrected chi connectivity index (χ0v) is 15.0. The summed E-state index contributed by atoms with van der Waals surface area (Å²) < 4.78 is 10.1. The number of hydrogen-bond donors (Lipinski definition) is 0. The Hall–Kier alpha value is -2.70. The highest BCUT2D eigenvalue weighted by Gasteiger charge is 2.26. The van der Waals surface area contributed by atoms with E-state index in [1.54, 1.807) is 26.0 Å². The number of carbonyl (C=O) groups excluding carboxylic acids is 1. The summed E-state index contributed by atoms with van der Waals surface area (Å²) in [4.78, 5) is 26.4. The van der Waals surface area contributed by atoms with E-state index in [-0.39, 0.29) is 35.2 Å². The molecule has 0 bridgehead atoms. The molecule has 2 aromatic rings. The number of nitro benzene ring substituents is 1. The predicted molar refractivity (Wildman–Crippen MR) is 92.0 cm³/mol. The fraction of sp³-hybridized carbons (Fsp3) is 0.412. The molecule has 1 heterocycles. The van der Waals surface area contributed by atoms with Gasteiger partial charge in [0.2, 0.25) is 5.76 Å². The van der Waals surface area contributed by atoms with Gasteiger partial charge in [-0.3, -0.25) is 10.1 Å². The average molecular weight is 336 g/mol. The Morgan fingerprint density at radius 3 is 2.38 bits per heavy atom. The lowest BCUT2D eigenvalue weighted by Gasteiger charge is -2.02. The van der Waals surface area contributed by atoms with Crippen molar-refractivity contribution >= 4 is 11.7 Å². The van der Waals surface area contributed by atoms with Crippen LogP contribution in [0.25, 0.3) is 11.3 Å². The Morgan fingerprint density at radius 1 is 1.25 bits per heavy atom. The summed E-state index contributed by atoms with van der Waals surface area (Å²) >= 11 is 0. The lowest BCUT2D eigenvalue weighted by molar-refractivity contribution is -0.384. The number of para-hydroxylation sites is 1. The molecule has 0 fully saturated rings. The summed E-state index contributed by atoms with van der Waals surface area (Å²) in [5.41, 5.74) is 0.192. The number of aryl methyl sites for hydroxylation is 1. The molecule has 7 nitrogen and oxygen atoms in total. The molecule has 1 aromatic heterocycles. The van der Waals surface area contributed by atoms with Crippen LogP contribution in [0, 0.1) is 17.0 Å². The van der Waals surface area contributed by atoms with E-state index < -0.39 is 10.9 Å². The number of carbonyl (C=O) groups is 1. The highest BCUT2D eigenvalue weighted by Crippen LogP contribution is 2.32. The van der Waals surface area contributed by atoms with Crippen molar-refractivity contribution in [3.05, 3.63) is 46.0 Å². The van der Waals surface area contributed by atoms with Crippen LogP contribution in [-0.4, -0.2) is 22.5 Å². The van der Waals surface area contributed by atoms with Gasteiger partial charge in [-0.25, -0.2) is 9.78 Å². The molecule has 0 spiro atoms. The van der Waals surface area contributed by atoms with E-state index in [1.807, 2.05) is 27.7 Å². The number of oxazole rings is 1. The van der Waals surface area contributed by atoms with Crippen LogP contribution in [0.3, 0.4) is 0 Å². The number of esters is 1. The summed E-state index contributed by atoms with van der Waals surface area (Å²) in [6.07, 6.45) is 0. The summed E-state index contributed by atoms with van der Waals surface area (Å²) in [5.74, 6) is -0.582. The monoisotopic (exact) mass is 336 g/mol. The minimum atomic E-state index is -0.693. The van der Waals surface area contributed by atoms with Gasteiger partial charge in [0.05, 0.1) is 17.1 Å². The Bertz CT molecular complexity index is 665. The van der Waals surface area contributed by atoms with Gasteiger partial charge >= 0.3 is 5.97 Å². The van der Waals surface area contributed by atoms with Gasteiger partial charge in [-0.1, -0.05) is 39.8 Å². The Kier molecular flexibility index (Phi) is 9.70. The molecule has 0 radical (unpaired) electrons. The van der Waals surface area contributed by atoms with Crippen LogP contribution in [0.2, 0.25) is 0 Å². The van der Waals surface area contributed by atoms with E-state index in [0.29, 0.717) is 0 Å². The second-order valence-corrected chi connectivity index (χ2v) is 3.91. The second kappa shape index (κ2) is 10.9. The van der Waals surface area contributed by atoms with E-state index >= 15 is 0 Å². The van der Waals surface area contributed by atoms with Crippen molar-refractivity contribution < 1.29 is 18.9 Å². The molecule has 1 aromatic carbocycles. The molecule has 0 amide bonds. The van der Waals surface area contributed by atoms with E-state index in [9.17, 15) is 14.9 Å². The summed E-state index contributed by atoms with van der Waals surface area (Å²) in [5, 5.41) is 11.0. The number of aromatic nitrogens is 1. The predicted octanol–water partition coefficient (Wildman–Crippen LogP) is 4.79. The summed E-state index contributed by atoms with van der Waals surface area (Å²) in [6.45, 7) is 11.4. The van der Waals surface area contributed by atoms with Gasteiger partial charge in [-0.2, -0.15) is 0 Å². The smallest absolute Gasteiger partial charge is 0.376 e. The molecule has 0 atom stereocenters. The largest absolute Gasteiger partial charge is 0.460 e. The van der Waals surface area contributed by atoms with Crippen molar-refractivity contribution in [1.82, 2.24) is 4.98 Å². The van der Waals surface area contributed by atoms with Crippen LogP contribution in [-0.2, 0) is 4.74 Å². The standard InChI is InChI=1S/C13H12N2O5.2C2H6/c1-3-19-13(16)12-11(14-8(2)20-12)9-6-4-5-7-10(9)15(17)18;2*1-2/h4-7H,3H2,1-2H3;2*1-2H3. The van der Waals surface area contributed by atoms with Crippen molar-refractivity contribution in [2.75, 3.05) is 6.61 Å². The van der Waals surface area contributed by atoms with Crippen molar-refractivity contribution in [3.8, 4) is 11.3 Å². The first-order valence-corrected chi connectivity index (χ1v) is 7.93. The number of nitro groups is 1. The summed E-state index contributed by atoms with van der Waals surface area (Å²) in [6, 6.07) is 6.02. The molecule has 0 N–H and O–H groups in total. The molecule has 2 rings (SSSR count). The van der Waals surface area contributed by atoms with Crippen molar-refractivity contribution in [2.24, 2.45) is 0 Å². The minimum Gasteiger partial charge on any atom is -0.460 e. The first-order valence-electron chi connectivity index (χ1n) is 7.93. The average Bonchev–Trinajstić information content (AvgIpc) is 3.00. The molecule has 0 saturated heterocycles. The Morgan fingerprint density at radius 2 is 1.83 bits per heavy atom. The van der Waals surface area contributed by atoms with E-state index in [4.69, 9.17) is 9.15 Å². The lowest BCUT2D eigenvalue weighted by atomic mass is 10.1. The highest BCUT2D eigenvalue weighted by molar-refractivity contribution is 5.94. The van der Waals surface area contributed by atoms with E-state index in [2.05, 4.69) is 4.98 Å². The van der Waals surface area contributed by atoms with Crippen LogP contribution in [0.4, 0.5) is 5.69 Å². The molecule has 24 heavy (non-hydrogen) atoms. The first kappa shape index (κ1) is 21.3. The maximum absolute atomic E-state index is 11.8. The quantitative estimate of drug-likeness (QED) is 0.452. The number of ether oxygens (including phenoxy) is 1. The molecule has 7 heteroatoms. The first-order chi connectivity index (χ1) is 11.5. The van der Waals surface area contributed by atoms with E-state index in [0.717, 1.165) is 0 Å². The SMILES string of the molecule is CC.CC.CCOC(=O)c1oc(C)nc1-c1ccccc1[N+](=O)[O-]. The van der Waals surface area contributed by atoms with Crippen molar-refractivity contribution in [3.63, 3.8) is 0 Å². The van der Waals surface area contributed by atoms with Gasteiger partial charge in [0.1, 0.15) is 5.69 Å². The van der Waals surface area contributed by atoms with Gasteiger partial charge in [0.25, 0.3) is 5.69 Å². The molecule has 0 aliphatic rings. The fourth-order valence-corrected chi connectivity index (χ4v) is 1.78. The second-order valence-electron chi connectivity index (χ2n) is 3.91. The van der Waals surface area contributed by atoms with Gasteiger partial charge in [-0.15, -0.1) is 0 Å². The zero-order valence-electron chi connectivity index (χ0n) is 15.0. The molecular weight excluding hydrogens is 312 g/mol. The number of benzene rings is 1. The Labute approximate surface area is 141 Å². The lowest BCUT2D eigenvalue weighted by Crippen LogP contribution is -2.05. The molecular formula is C17H24N2O5. The Balaban J connectivity index is 0.00000123. The van der Waals surface area contributed by atoms with Crippen LogP contribution < -0.4 is 0 Å². The number of hydrogen-bond acceptors (Lipinski definition) is 6. The van der Waals surface area contributed by atoms with Gasteiger partial charge < -0.3 is 9.15 Å². The van der Waals surface area contributed by atoms with Gasteiger partial charge in [0.15, 0.2) is 5.89 Å². The highest BCUT2D eigenvalue weighted by atomic mass is 16.6. The van der Waals surface area contributed by atoms with Gasteiger partial charge in [0, 0.05) is 13.0 Å². The maximum Gasteiger partial charge on any atom is 0.376 e. The van der Waals surface area contributed by atoms with Crippen LogP contribution >= 0.6 is 0 Å². The van der Waals surface area contributed by atoms with Crippen molar-refractivity contribution in [1.29, 1.82) is 0 Å². The van der Waals surface area contributed by atoms with Crippen molar-refractivity contribution in [2.45, 2.75) is 41.5 Å². The normalized spacial score (nSPS) is 9.08. The summed E-state index contributed by atoms with van der Waals surface area (Å²) in [7, 11) is 0. The molecule has 132 valence electrons. The topological polar surface area (TPSA) is 95.5 Å². The van der Waals surface area contributed by atoms with Crippen LogP contribution in [0.5, 0.6) is 0 Å². The third kappa shape index (κ3) is 5.19.